The molecule has 3 N–H and O–H groups in total. The van der Waals surface area contributed by atoms with Crippen LogP contribution in [0.25, 0.3) is 0 Å². The maximum absolute atomic E-state index is 14.2. The number of hydrogen-bond donors (Lipinski definition) is 3. The van der Waals surface area contributed by atoms with Crippen molar-refractivity contribution in [2.75, 3.05) is 41.9 Å². The molecular formula is C32H36F2N4O6. The summed E-state index contributed by atoms with van der Waals surface area (Å²) in [5.41, 5.74) is 0.714. The molecule has 4 amide bonds. The van der Waals surface area contributed by atoms with Crippen LogP contribution in [-0.2, 0) is 14.4 Å². The first-order chi connectivity index (χ1) is 20.9. The number of anilines is 3. The number of halogens is 2. The van der Waals surface area contributed by atoms with E-state index in [9.17, 15) is 33.1 Å². The fraction of sp³-hybridized carbons (Fsp3) is 0.312. The van der Waals surface area contributed by atoms with Gasteiger partial charge in [-0.2, -0.15) is 0 Å². The first-order valence-corrected chi connectivity index (χ1v) is 14.0. The van der Waals surface area contributed by atoms with Gasteiger partial charge in [-0.05, 0) is 61.2 Å². The average Bonchev–Trinajstić information content (AvgIpc) is 2.98. The number of carboxylic acids is 1. The molecule has 0 aromatic heterocycles. The van der Waals surface area contributed by atoms with Crippen molar-refractivity contribution >= 4 is 40.9 Å². The average molecular weight is 611 g/mol. The van der Waals surface area contributed by atoms with Crippen LogP contribution in [0, 0.1) is 17.6 Å². The number of hydrogen-bond acceptors (Lipinski definition) is 5. The zero-order valence-corrected chi connectivity index (χ0v) is 25.0. The summed E-state index contributed by atoms with van der Waals surface area (Å²) in [6, 6.07) is 15.6. The number of urea groups is 1. The molecule has 234 valence electrons. The molecule has 0 aliphatic rings. The van der Waals surface area contributed by atoms with E-state index in [1.165, 1.54) is 24.9 Å². The van der Waals surface area contributed by atoms with Crippen LogP contribution in [0.2, 0.25) is 0 Å². The second-order valence-electron chi connectivity index (χ2n) is 10.5. The van der Waals surface area contributed by atoms with Gasteiger partial charge in [0.1, 0.15) is 23.1 Å². The lowest BCUT2D eigenvalue weighted by Gasteiger charge is -2.26. The van der Waals surface area contributed by atoms with E-state index < -0.39 is 53.7 Å². The molecule has 1 unspecified atom stereocenters. The molecule has 3 rings (SSSR count). The third-order valence-electron chi connectivity index (χ3n) is 6.80. The van der Waals surface area contributed by atoms with Crippen LogP contribution in [0.4, 0.5) is 30.6 Å². The fourth-order valence-electron chi connectivity index (χ4n) is 4.19. The number of amides is 4. The van der Waals surface area contributed by atoms with Gasteiger partial charge in [0.05, 0.1) is 18.2 Å². The Hall–Kier alpha value is -5.00. The zero-order chi connectivity index (χ0) is 32.4. The number of carboxylic acid groups (broad SMARTS) is 1. The standard InChI is InChI=1S/C32H36F2N4O6/c1-20(2)15-16-38(28(39)18-35-32(43)36-23-10-7-9-22(17-23)21(3)31(41)42)26-13-5-6-14-27(26)44-19-29(40)37(4)30-24(33)11-8-12-25(30)34/h5-14,17,20-21H,15-16,18-19H2,1-4H3,(H,41,42)(H2,35,36,43). The third-order valence-corrected chi connectivity index (χ3v) is 6.80. The van der Waals surface area contributed by atoms with E-state index in [2.05, 4.69) is 10.6 Å². The van der Waals surface area contributed by atoms with Crippen LogP contribution in [0.1, 0.15) is 38.7 Å². The smallest absolute Gasteiger partial charge is 0.319 e. The fourth-order valence-corrected chi connectivity index (χ4v) is 4.19. The molecule has 0 heterocycles. The number of benzene rings is 3. The third kappa shape index (κ3) is 9.00. The molecule has 12 heteroatoms. The molecule has 3 aromatic rings. The van der Waals surface area contributed by atoms with Gasteiger partial charge in [-0.1, -0.05) is 44.2 Å². The Kier molecular flexibility index (Phi) is 11.8. The van der Waals surface area contributed by atoms with Crippen LogP contribution in [0.3, 0.4) is 0 Å². The summed E-state index contributed by atoms with van der Waals surface area (Å²) in [5.74, 6) is -4.31. The summed E-state index contributed by atoms with van der Waals surface area (Å²) in [6.07, 6.45) is 0.620. The summed E-state index contributed by atoms with van der Waals surface area (Å²) in [5, 5.41) is 14.4. The SMILES string of the molecule is CC(C)CCN(C(=O)CNC(=O)Nc1cccc(C(C)C(=O)O)c1)c1ccccc1OCC(=O)N(C)c1c(F)cccc1F. The highest BCUT2D eigenvalue weighted by Gasteiger charge is 2.23. The van der Waals surface area contributed by atoms with Crippen LogP contribution in [-0.4, -0.2) is 55.7 Å². The second kappa shape index (κ2) is 15.5. The van der Waals surface area contributed by atoms with Crippen LogP contribution in [0.15, 0.2) is 66.7 Å². The Morgan fingerprint density at radius 3 is 2.23 bits per heavy atom. The Labute approximate surface area is 254 Å². The molecule has 44 heavy (non-hydrogen) atoms. The van der Waals surface area contributed by atoms with Crippen LogP contribution < -0.4 is 25.2 Å². The highest BCUT2D eigenvalue weighted by Crippen LogP contribution is 2.29. The van der Waals surface area contributed by atoms with Crippen LogP contribution in [0.5, 0.6) is 5.75 Å². The molecule has 10 nitrogen and oxygen atoms in total. The first kappa shape index (κ1) is 33.5. The van der Waals surface area contributed by atoms with Gasteiger partial charge in [-0.25, -0.2) is 13.6 Å². The molecule has 3 aromatic carbocycles. The van der Waals surface area contributed by atoms with Crippen molar-refractivity contribution in [2.45, 2.75) is 33.1 Å². The van der Waals surface area contributed by atoms with E-state index in [1.54, 1.807) is 48.5 Å². The summed E-state index contributed by atoms with van der Waals surface area (Å²) >= 11 is 0. The van der Waals surface area contributed by atoms with Crippen molar-refractivity contribution in [2.24, 2.45) is 5.92 Å². The number of nitrogens with zero attached hydrogens (tertiary/aromatic N) is 2. The first-order valence-electron chi connectivity index (χ1n) is 14.0. The topological polar surface area (TPSA) is 128 Å². The molecular weight excluding hydrogens is 574 g/mol. The molecule has 0 radical (unpaired) electrons. The maximum Gasteiger partial charge on any atom is 0.319 e. The molecule has 0 fully saturated rings. The van der Waals surface area contributed by atoms with Gasteiger partial charge in [-0.3, -0.25) is 14.4 Å². The summed E-state index contributed by atoms with van der Waals surface area (Å²) in [7, 11) is 1.23. The predicted molar refractivity (Wildman–Crippen MR) is 163 cm³/mol. The molecule has 0 spiro atoms. The van der Waals surface area contributed by atoms with E-state index in [-0.39, 0.29) is 24.8 Å². The van der Waals surface area contributed by atoms with Crippen molar-refractivity contribution in [3.8, 4) is 5.75 Å². The number of nitrogens with one attached hydrogen (secondary N) is 2. The van der Waals surface area contributed by atoms with E-state index in [0.717, 1.165) is 17.0 Å². The second-order valence-corrected chi connectivity index (χ2v) is 10.5. The minimum Gasteiger partial charge on any atom is -0.482 e. The van der Waals surface area contributed by atoms with E-state index in [4.69, 9.17) is 4.74 Å². The lowest BCUT2D eigenvalue weighted by molar-refractivity contribution is -0.138. The molecule has 1 atom stereocenters. The van der Waals surface area contributed by atoms with Gasteiger partial charge in [-0.15, -0.1) is 0 Å². The van der Waals surface area contributed by atoms with Gasteiger partial charge in [0.2, 0.25) is 5.91 Å². The highest BCUT2D eigenvalue weighted by molar-refractivity contribution is 5.99. The molecule has 0 aliphatic heterocycles. The van der Waals surface area contributed by atoms with E-state index in [0.29, 0.717) is 23.4 Å². The summed E-state index contributed by atoms with van der Waals surface area (Å²) in [6.45, 7) is 4.86. The van der Waals surface area contributed by atoms with Crippen molar-refractivity contribution < 1.29 is 37.8 Å². The van der Waals surface area contributed by atoms with E-state index >= 15 is 0 Å². The van der Waals surface area contributed by atoms with Crippen LogP contribution >= 0.6 is 0 Å². The number of para-hydroxylation sites is 3. The predicted octanol–water partition coefficient (Wildman–Crippen LogP) is 5.40. The van der Waals surface area contributed by atoms with Crippen molar-refractivity contribution in [3.05, 3.63) is 83.9 Å². The largest absolute Gasteiger partial charge is 0.482 e. The number of carbonyl (C=O) groups is 4. The summed E-state index contributed by atoms with van der Waals surface area (Å²) in [4.78, 5) is 52.3. The lowest BCUT2D eigenvalue weighted by atomic mass is 10.0. The minimum atomic E-state index is -1.00. The monoisotopic (exact) mass is 610 g/mol. The zero-order valence-electron chi connectivity index (χ0n) is 25.0. The maximum atomic E-state index is 14.2. The Balaban J connectivity index is 1.71. The van der Waals surface area contributed by atoms with E-state index in [1.807, 2.05) is 13.8 Å². The van der Waals surface area contributed by atoms with Gasteiger partial charge >= 0.3 is 12.0 Å². The highest BCUT2D eigenvalue weighted by atomic mass is 19.1. The number of aliphatic carboxylic acids is 1. The molecule has 0 saturated carbocycles. The van der Waals surface area contributed by atoms with Gasteiger partial charge in [0.25, 0.3) is 5.91 Å². The van der Waals surface area contributed by atoms with Gasteiger partial charge < -0.3 is 30.3 Å². The summed E-state index contributed by atoms with van der Waals surface area (Å²) < 4.78 is 34.1. The number of likely N-dealkylation sites (N-methyl/N-ethyl adjacent to an activating group) is 1. The Morgan fingerprint density at radius 2 is 1.57 bits per heavy atom. The Morgan fingerprint density at radius 1 is 0.909 bits per heavy atom. The number of ether oxygens (including phenoxy) is 1. The normalized spacial score (nSPS) is 11.4. The van der Waals surface area contributed by atoms with Gasteiger partial charge in [0.15, 0.2) is 6.61 Å². The number of carbonyl (C=O) groups excluding carboxylic acids is 3. The number of rotatable bonds is 13. The van der Waals surface area contributed by atoms with Crippen molar-refractivity contribution in [1.82, 2.24) is 5.32 Å². The quantitative estimate of drug-likeness (QED) is 0.238. The van der Waals surface area contributed by atoms with Crippen molar-refractivity contribution in [3.63, 3.8) is 0 Å². The van der Waals surface area contributed by atoms with Crippen molar-refractivity contribution in [1.29, 1.82) is 0 Å². The lowest BCUT2D eigenvalue weighted by Crippen LogP contribution is -2.42. The van der Waals surface area contributed by atoms with Gasteiger partial charge in [0, 0.05) is 19.3 Å². The molecule has 0 bridgehead atoms. The molecule has 0 aliphatic carbocycles. The Bertz CT molecular complexity index is 1480. The molecule has 0 saturated heterocycles. The minimum absolute atomic E-state index is 0.189.